The molecule has 150 valence electrons. The number of hydrogen-bond acceptors (Lipinski definition) is 3. The second-order valence-electron chi connectivity index (χ2n) is 7.27. The predicted octanol–water partition coefficient (Wildman–Crippen LogP) is 4.71. The van der Waals surface area contributed by atoms with Gasteiger partial charge in [0, 0.05) is 35.9 Å². The Morgan fingerprint density at radius 2 is 1.97 bits per heavy atom. The number of aromatic nitrogens is 2. The third kappa shape index (κ3) is 3.38. The lowest BCUT2D eigenvalue weighted by atomic mass is 9.96. The van der Waals surface area contributed by atoms with Gasteiger partial charge in [-0.3, -0.25) is 4.98 Å². The van der Waals surface area contributed by atoms with Crippen LogP contribution < -0.4 is 15.0 Å². The maximum absolute atomic E-state index is 5.81. The molecule has 29 heavy (non-hydrogen) atoms. The van der Waals surface area contributed by atoms with Gasteiger partial charge in [0.2, 0.25) is 0 Å². The predicted molar refractivity (Wildman–Crippen MR) is 121 cm³/mol. The summed E-state index contributed by atoms with van der Waals surface area (Å²) in [6.45, 7) is 7.46. The number of nitrogens with zero attached hydrogens (tertiary/aromatic N) is 3. The lowest BCUT2D eigenvalue weighted by Gasteiger charge is -2.28. The van der Waals surface area contributed by atoms with E-state index >= 15 is 0 Å². The van der Waals surface area contributed by atoms with Crippen molar-refractivity contribution in [3.05, 3.63) is 77.4 Å². The van der Waals surface area contributed by atoms with Crippen LogP contribution in [-0.2, 0) is 6.54 Å². The zero-order valence-electron chi connectivity index (χ0n) is 17.2. The van der Waals surface area contributed by atoms with E-state index < -0.39 is 0 Å². The lowest BCUT2D eigenvalue weighted by Crippen LogP contribution is -2.29. The molecule has 0 amide bonds. The largest absolute Gasteiger partial charge is 0.497 e. The molecule has 5 nitrogen and oxygen atoms in total. The highest BCUT2D eigenvalue weighted by Gasteiger charge is 2.42. The van der Waals surface area contributed by atoms with Crippen LogP contribution in [-0.4, -0.2) is 21.8 Å². The molecule has 1 fully saturated rings. The molecule has 0 aliphatic carbocycles. The number of nitrogens with one attached hydrogen (secondary N) is 1. The molecule has 0 radical (unpaired) electrons. The van der Waals surface area contributed by atoms with Crippen molar-refractivity contribution in [3.8, 4) is 5.75 Å². The molecule has 0 spiro atoms. The van der Waals surface area contributed by atoms with E-state index in [1.807, 2.05) is 36.5 Å². The number of methoxy groups -OCH3 is 1. The van der Waals surface area contributed by atoms with Gasteiger partial charge in [-0.25, -0.2) is 0 Å². The van der Waals surface area contributed by atoms with E-state index in [4.69, 9.17) is 17.0 Å². The minimum absolute atomic E-state index is 0.00370. The minimum atomic E-state index is -0.0410. The monoisotopic (exact) mass is 406 g/mol. The molecule has 1 aliphatic rings. The summed E-state index contributed by atoms with van der Waals surface area (Å²) in [5, 5.41) is 4.22. The molecule has 2 aromatic heterocycles. The first kappa shape index (κ1) is 19.5. The van der Waals surface area contributed by atoms with Crippen molar-refractivity contribution in [2.24, 2.45) is 0 Å². The van der Waals surface area contributed by atoms with E-state index in [1.165, 1.54) is 17.0 Å². The Bertz CT molecular complexity index is 1030. The number of pyridine rings is 1. The van der Waals surface area contributed by atoms with E-state index in [1.54, 1.807) is 7.11 Å². The summed E-state index contributed by atoms with van der Waals surface area (Å²) in [5.41, 5.74) is 5.76. The third-order valence-electron chi connectivity index (χ3n) is 5.68. The van der Waals surface area contributed by atoms with E-state index in [-0.39, 0.29) is 12.1 Å². The fourth-order valence-corrected chi connectivity index (χ4v) is 4.67. The Balaban J connectivity index is 1.88. The van der Waals surface area contributed by atoms with E-state index in [9.17, 15) is 0 Å². The number of benzene rings is 1. The maximum atomic E-state index is 5.81. The maximum Gasteiger partial charge on any atom is 0.174 e. The second kappa shape index (κ2) is 7.87. The van der Waals surface area contributed by atoms with Gasteiger partial charge in [-0.15, -0.1) is 0 Å². The van der Waals surface area contributed by atoms with E-state index in [0.29, 0.717) is 5.11 Å². The Hall–Kier alpha value is -2.86. The number of hydrogen-bond donors (Lipinski definition) is 1. The lowest BCUT2D eigenvalue weighted by molar-refractivity contribution is 0.415. The van der Waals surface area contributed by atoms with Crippen molar-refractivity contribution in [2.75, 3.05) is 12.0 Å². The van der Waals surface area contributed by atoms with Crippen molar-refractivity contribution in [1.82, 2.24) is 14.9 Å². The van der Waals surface area contributed by atoms with Crippen LogP contribution in [0.3, 0.4) is 0 Å². The quantitative estimate of drug-likeness (QED) is 0.622. The van der Waals surface area contributed by atoms with Crippen molar-refractivity contribution in [2.45, 2.75) is 39.4 Å². The van der Waals surface area contributed by atoms with Crippen molar-refractivity contribution >= 4 is 23.0 Å². The van der Waals surface area contributed by atoms with E-state index in [0.717, 1.165) is 23.7 Å². The molecule has 6 heteroatoms. The summed E-state index contributed by atoms with van der Waals surface area (Å²) in [5.74, 6) is 0.810. The molecule has 3 heterocycles. The van der Waals surface area contributed by atoms with Crippen LogP contribution in [0, 0.1) is 13.8 Å². The molecule has 4 rings (SSSR count). The van der Waals surface area contributed by atoms with Gasteiger partial charge in [0.1, 0.15) is 5.75 Å². The number of ether oxygens (including phenoxy) is 1. The van der Waals surface area contributed by atoms with Crippen LogP contribution in [0.15, 0.2) is 54.7 Å². The van der Waals surface area contributed by atoms with Gasteiger partial charge in [0.05, 0.1) is 24.9 Å². The standard InChI is InChI=1S/C23H26N4OS/c1-5-26-15(2)13-19(16(26)3)22-21(20-11-6-7-12-24-20)25-23(29)27(22)17-9-8-10-18(14-17)28-4/h6-14,21-22H,5H2,1-4H3,(H,25,29). The zero-order chi connectivity index (χ0) is 20.5. The summed E-state index contributed by atoms with van der Waals surface area (Å²) in [6.07, 6.45) is 1.83. The molecule has 1 aliphatic heterocycles. The first-order valence-electron chi connectivity index (χ1n) is 9.86. The van der Waals surface area contributed by atoms with Crippen LogP contribution in [0.1, 0.15) is 41.7 Å². The molecule has 0 bridgehead atoms. The van der Waals surface area contributed by atoms with Gasteiger partial charge in [0.25, 0.3) is 0 Å². The van der Waals surface area contributed by atoms with Crippen LogP contribution >= 0.6 is 12.2 Å². The average Bonchev–Trinajstić information content (AvgIpc) is 3.23. The van der Waals surface area contributed by atoms with Crippen molar-refractivity contribution < 1.29 is 4.74 Å². The minimum Gasteiger partial charge on any atom is -0.497 e. The molecule has 1 saturated heterocycles. The molecule has 2 unspecified atom stereocenters. The summed E-state index contributed by atoms with van der Waals surface area (Å²) in [4.78, 5) is 6.82. The Labute approximate surface area is 177 Å². The smallest absolute Gasteiger partial charge is 0.174 e. The number of anilines is 1. The zero-order valence-corrected chi connectivity index (χ0v) is 18.0. The van der Waals surface area contributed by atoms with Gasteiger partial charge < -0.3 is 19.5 Å². The summed E-state index contributed by atoms with van der Waals surface area (Å²) in [6, 6.07) is 16.3. The molecule has 3 aromatic rings. The highest BCUT2D eigenvalue weighted by atomic mass is 32.1. The van der Waals surface area contributed by atoms with Gasteiger partial charge in [-0.1, -0.05) is 12.1 Å². The van der Waals surface area contributed by atoms with Crippen LogP contribution in [0.2, 0.25) is 0 Å². The normalized spacial score (nSPS) is 18.8. The van der Waals surface area contributed by atoms with E-state index in [2.05, 4.69) is 58.7 Å². The van der Waals surface area contributed by atoms with Crippen LogP contribution in [0.4, 0.5) is 5.69 Å². The Kier molecular flexibility index (Phi) is 5.28. The van der Waals surface area contributed by atoms with Gasteiger partial charge in [-0.2, -0.15) is 0 Å². The second-order valence-corrected chi connectivity index (χ2v) is 7.66. The number of aryl methyl sites for hydroxylation is 1. The number of rotatable bonds is 5. The SMILES string of the molecule is CCn1c(C)cc(C2C(c3ccccn3)NC(=S)N2c2cccc(OC)c2)c1C. The van der Waals surface area contributed by atoms with Crippen LogP contribution in [0.25, 0.3) is 0 Å². The highest BCUT2D eigenvalue weighted by molar-refractivity contribution is 7.80. The molecule has 1 aromatic carbocycles. The average molecular weight is 407 g/mol. The molecule has 2 atom stereocenters. The van der Waals surface area contributed by atoms with Crippen molar-refractivity contribution in [1.29, 1.82) is 0 Å². The summed E-state index contributed by atoms with van der Waals surface area (Å²) in [7, 11) is 1.68. The Morgan fingerprint density at radius 1 is 1.14 bits per heavy atom. The molecule has 0 saturated carbocycles. The first-order valence-corrected chi connectivity index (χ1v) is 10.3. The van der Waals surface area contributed by atoms with Crippen LogP contribution in [0.5, 0.6) is 5.75 Å². The highest BCUT2D eigenvalue weighted by Crippen LogP contribution is 2.43. The fourth-order valence-electron chi connectivity index (χ4n) is 4.32. The summed E-state index contributed by atoms with van der Waals surface area (Å²) >= 11 is 5.81. The molecular weight excluding hydrogens is 380 g/mol. The molecule has 1 N–H and O–H groups in total. The number of thiocarbonyl (C=S) groups is 1. The van der Waals surface area contributed by atoms with Gasteiger partial charge in [-0.05, 0) is 68.9 Å². The van der Waals surface area contributed by atoms with Gasteiger partial charge >= 0.3 is 0 Å². The van der Waals surface area contributed by atoms with Gasteiger partial charge in [0.15, 0.2) is 5.11 Å². The van der Waals surface area contributed by atoms with Crippen molar-refractivity contribution in [3.63, 3.8) is 0 Å². The fraction of sp³-hybridized carbons (Fsp3) is 0.304. The Morgan fingerprint density at radius 3 is 2.62 bits per heavy atom. The first-order chi connectivity index (χ1) is 14.0. The third-order valence-corrected chi connectivity index (χ3v) is 5.99. The molecular formula is C23H26N4OS. The summed E-state index contributed by atoms with van der Waals surface area (Å²) < 4.78 is 7.80. The topological polar surface area (TPSA) is 42.3 Å².